The second-order valence-electron chi connectivity index (χ2n) is 4.98. The van der Waals surface area contributed by atoms with Gasteiger partial charge in [-0.25, -0.2) is 4.79 Å². The summed E-state index contributed by atoms with van der Waals surface area (Å²) in [5.41, 5.74) is -5.21. The van der Waals surface area contributed by atoms with Crippen molar-refractivity contribution in [2.45, 2.75) is 24.6 Å². The van der Waals surface area contributed by atoms with Crippen molar-refractivity contribution >= 4 is 23.7 Å². The molecule has 0 spiro atoms. The Morgan fingerprint density at radius 1 is 1.13 bits per heavy atom. The average Bonchev–Trinajstić information content (AvgIpc) is 2.65. The number of benzene rings is 1. The maximum Gasteiger partial charge on any atom is 0.416 e. The predicted octanol–water partition coefficient (Wildman–Crippen LogP) is 2.00. The molecule has 10 heteroatoms. The van der Waals surface area contributed by atoms with Gasteiger partial charge < -0.3 is 15.3 Å². The number of fused-ring (bicyclic) bond motifs is 1. The highest BCUT2D eigenvalue weighted by molar-refractivity contribution is 6.12. The van der Waals surface area contributed by atoms with Crippen LogP contribution < -0.4 is 4.90 Å². The lowest BCUT2D eigenvalue weighted by atomic mass is 9.76. The van der Waals surface area contributed by atoms with Gasteiger partial charge in [0.1, 0.15) is 0 Å². The molecule has 7 nitrogen and oxygen atoms in total. The Bertz CT molecular complexity index is 700. The van der Waals surface area contributed by atoms with Crippen molar-refractivity contribution in [3.8, 4) is 0 Å². The quantitative estimate of drug-likeness (QED) is 0.713. The highest BCUT2D eigenvalue weighted by Gasteiger charge is 2.62. The first-order valence-electron chi connectivity index (χ1n) is 6.16. The zero-order chi connectivity index (χ0) is 17.7. The highest BCUT2D eigenvalue weighted by atomic mass is 19.4. The molecular weight excluding hydrogens is 323 g/mol. The maximum absolute atomic E-state index is 12.8. The van der Waals surface area contributed by atoms with E-state index in [1.54, 1.807) is 0 Å². The van der Waals surface area contributed by atoms with Crippen LogP contribution >= 0.6 is 0 Å². The van der Waals surface area contributed by atoms with Crippen molar-refractivity contribution in [1.29, 1.82) is 0 Å². The van der Waals surface area contributed by atoms with Crippen LogP contribution in [0.5, 0.6) is 0 Å². The van der Waals surface area contributed by atoms with Gasteiger partial charge >= 0.3 is 24.2 Å². The Labute approximate surface area is 126 Å². The normalized spacial score (nSPS) is 19.3. The van der Waals surface area contributed by atoms with Crippen molar-refractivity contribution in [2.75, 3.05) is 4.90 Å². The summed E-state index contributed by atoms with van der Waals surface area (Å²) in [7, 11) is 0. The Morgan fingerprint density at radius 2 is 1.65 bits per heavy atom. The third-order valence-corrected chi connectivity index (χ3v) is 3.90. The molecule has 23 heavy (non-hydrogen) atoms. The van der Waals surface area contributed by atoms with Crippen LogP contribution in [0.2, 0.25) is 0 Å². The van der Waals surface area contributed by atoms with Crippen LogP contribution in [-0.2, 0) is 21.2 Å². The van der Waals surface area contributed by atoms with E-state index in [4.69, 9.17) is 0 Å². The second-order valence-corrected chi connectivity index (χ2v) is 4.98. The molecule has 1 aliphatic heterocycles. The van der Waals surface area contributed by atoms with Gasteiger partial charge in [-0.2, -0.15) is 13.2 Å². The molecule has 3 N–H and O–H groups in total. The molecule has 0 aliphatic carbocycles. The summed E-state index contributed by atoms with van der Waals surface area (Å²) in [5, 5.41) is 27.9. The fourth-order valence-electron chi connectivity index (χ4n) is 2.81. The smallest absolute Gasteiger partial charge is 0.416 e. The Kier molecular flexibility index (Phi) is 3.51. The molecule has 1 heterocycles. The summed E-state index contributed by atoms with van der Waals surface area (Å²) in [6, 6.07) is 0.0720. The van der Waals surface area contributed by atoms with E-state index in [2.05, 4.69) is 0 Å². The van der Waals surface area contributed by atoms with E-state index in [1.165, 1.54) is 0 Å². The first-order valence-corrected chi connectivity index (χ1v) is 6.16. The van der Waals surface area contributed by atoms with E-state index in [9.17, 15) is 42.9 Å². The van der Waals surface area contributed by atoms with Crippen molar-refractivity contribution in [1.82, 2.24) is 0 Å². The highest BCUT2D eigenvalue weighted by Crippen LogP contribution is 2.48. The van der Waals surface area contributed by atoms with Crippen molar-refractivity contribution in [3.63, 3.8) is 0 Å². The summed E-state index contributed by atoms with van der Waals surface area (Å²) in [6.07, 6.45) is -6.50. The van der Waals surface area contributed by atoms with Crippen molar-refractivity contribution in [2.24, 2.45) is 0 Å². The number of carboxylic acids is 2. The molecule has 1 atom stereocenters. The SMILES string of the molecule is CC1N(C(=O)O)c2ccc(C(F)(F)F)cc2C1(C(=O)O)C(=O)O. The summed E-state index contributed by atoms with van der Waals surface area (Å²) in [6.45, 7) is 1.02. The molecular formula is C13H10F3NO6. The second kappa shape index (κ2) is 4.86. The molecule has 124 valence electrons. The summed E-state index contributed by atoms with van der Waals surface area (Å²) in [4.78, 5) is 34.9. The van der Waals surface area contributed by atoms with Crippen LogP contribution in [0.3, 0.4) is 0 Å². The van der Waals surface area contributed by atoms with Gasteiger partial charge in [0.2, 0.25) is 5.41 Å². The molecule has 1 aromatic carbocycles. The molecule has 1 unspecified atom stereocenters. The summed E-state index contributed by atoms with van der Waals surface area (Å²) < 4.78 is 38.5. The molecule has 0 saturated carbocycles. The first-order chi connectivity index (χ1) is 10.5. The lowest BCUT2D eigenvalue weighted by Crippen LogP contribution is -2.54. The molecule has 0 fully saturated rings. The van der Waals surface area contributed by atoms with Crippen LogP contribution in [-0.4, -0.2) is 39.4 Å². The number of alkyl halides is 3. The number of amides is 1. The van der Waals surface area contributed by atoms with Crippen LogP contribution in [0.25, 0.3) is 0 Å². The zero-order valence-electron chi connectivity index (χ0n) is 11.5. The van der Waals surface area contributed by atoms with E-state index in [0.717, 1.165) is 13.0 Å². The minimum atomic E-state index is -4.84. The number of halogens is 3. The summed E-state index contributed by atoms with van der Waals surface area (Å²) in [5.74, 6) is -3.89. The van der Waals surface area contributed by atoms with Gasteiger partial charge in [-0.15, -0.1) is 0 Å². The van der Waals surface area contributed by atoms with E-state index in [1.807, 2.05) is 0 Å². The van der Waals surface area contributed by atoms with E-state index in [0.29, 0.717) is 17.0 Å². The van der Waals surface area contributed by atoms with Gasteiger partial charge in [0, 0.05) is 5.56 Å². The van der Waals surface area contributed by atoms with E-state index in [-0.39, 0.29) is 0 Å². The molecule has 0 saturated heterocycles. The maximum atomic E-state index is 12.8. The third-order valence-electron chi connectivity index (χ3n) is 3.90. The zero-order valence-corrected chi connectivity index (χ0v) is 11.5. The number of hydrogen-bond acceptors (Lipinski definition) is 3. The van der Waals surface area contributed by atoms with Crippen molar-refractivity contribution in [3.05, 3.63) is 29.3 Å². The van der Waals surface area contributed by atoms with Gasteiger partial charge in [-0.3, -0.25) is 14.5 Å². The molecule has 1 amide bonds. The molecule has 0 aromatic heterocycles. The minimum Gasteiger partial charge on any atom is -0.480 e. The molecule has 2 rings (SSSR count). The average molecular weight is 333 g/mol. The molecule has 1 aromatic rings. The van der Waals surface area contributed by atoms with E-state index < -0.39 is 52.5 Å². The number of carboxylic acid groups (broad SMARTS) is 3. The third kappa shape index (κ3) is 2.09. The Morgan fingerprint density at radius 3 is 2.04 bits per heavy atom. The monoisotopic (exact) mass is 333 g/mol. The lowest BCUT2D eigenvalue weighted by Gasteiger charge is -2.27. The summed E-state index contributed by atoms with van der Waals surface area (Å²) >= 11 is 0. The number of rotatable bonds is 2. The van der Waals surface area contributed by atoms with Gasteiger partial charge in [-0.1, -0.05) is 0 Å². The van der Waals surface area contributed by atoms with Gasteiger partial charge in [-0.05, 0) is 25.1 Å². The van der Waals surface area contributed by atoms with Crippen LogP contribution in [0.4, 0.5) is 23.7 Å². The minimum absolute atomic E-state index is 0.372. The fraction of sp³-hybridized carbons (Fsp3) is 0.308. The molecule has 0 radical (unpaired) electrons. The first kappa shape index (κ1) is 16.6. The van der Waals surface area contributed by atoms with Crippen LogP contribution in [0.15, 0.2) is 18.2 Å². The molecule has 0 bridgehead atoms. The van der Waals surface area contributed by atoms with Gasteiger partial charge in [0.05, 0.1) is 17.3 Å². The standard InChI is InChI=1S/C13H10F3NO6/c1-5-12(9(18)19,10(20)21)7-4-6(13(14,15)16)2-3-8(7)17(5)11(22)23/h2-5H,1H3,(H,18,19)(H,20,21)(H,22,23). The predicted molar refractivity (Wildman–Crippen MR) is 68.4 cm³/mol. The number of aliphatic carboxylic acids is 2. The van der Waals surface area contributed by atoms with Crippen LogP contribution in [0, 0.1) is 0 Å². The topological polar surface area (TPSA) is 115 Å². The Balaban J connectivity index is 2.86. The number of anilines is 1. The van der Waals surface area contributed by atoms with Crippen molar-refractivity contribution < 1.29 is 42.9 Å². The molecule has 1 aliphatic rings. The van der Waals surface area contributed by atoms with Gasteiger partial charge in [0.15, 0.2) is 0 Å². The number of nitrogens with zero attached hydrogens (tertiary/aromatic N) is 1. The Hall–Kier alpha value is -2.78. The number of hydrogen-bond donors (Lipinski definition) is 3. The van der Waals surface area contributed by atoms with Gasteiger partial charge in [0.25, 0.3) is 0 Å². The van der Waals surface area contributed by atoms with Crippen LogP contribution in [0.1, 0.15) is 18.1 Å². The fourth-order valence-corrected chi connectivity index (χ4v) is 2.81. The number of carbonyl (C=O) groups is 3. The largest absolute Gasteiger partial charge is 0.480 e. The van der Waals surface area contributed by atoms with E-state index >= 15 is 0 Å². The lowest BCUT2D eigenvalue weighted by molar-refractivity contribution is -0.158.